The predicted octanol–water partition coefficient (Wildman–Crippen LogP) is 3.50. The first-order valence-electron chi connectivity index (χ1n) is 4.58. The zero-order chi connectivity index (χ0) is 10.6. The van der Waals surface area contributed by atoms with Gasteiger partial charge < -0.3 is 5.73 Å². The maximum Gasteiger partial charge on any atom is 0.142 e. The van der Waals surface area contributed by atoms with Crippen molar-refractivity contribution in [2.75, 3.05) is 5.73 Å². The van der Waals surface area contributed by atoms with E-state index in [1.54, 1.807) is 0 Å². The van der Waals surface area contributed by atoms with Crippen LogP contribution in [-0.2, 0) is 0 Å². The van der Waals surface area contributed by atoms with E-state index in [-0.39, 0.29) is 0 Å². The summed E-state index contributed by atoms with van der Waals surface area (Å²) in [4.78, 5) is 4.12. The molecule has 0 saturated heterocycles. The predicted molar refractivity (Wildman–Crippen MR) is 62.5 cm³/mol. The number of hydrogen-bond acceptors (Lipinski definition) is 2. The second-order valence-corrected chi connectivity index (χ2v) is 2.96. The number of anilines is 1. The van der Waals surface area contributed by atoms with Gasteiger partial charge in [0.2, 0.25) is 0 Å². The van der Waals surface area contributed by atoms with Gasteiger partial charge in [-0.2, -0.15) is 0 Å². The molecule has 0 aliphatic carbocycles. The molecule has 0 spiro atoms. The Labute approximate surface area is 88.7 Å². The number of benzene rings is 1. The van der Waals surface area contributed by atoms with E-state index in [2.05, 4.69) is 4.98 Å². The highest BCUT2D eigenvalue weighted by Crippen LogP contribution is 2.21. The molecule has 0 radical (unpaired) electrons. The van der Waals surface area contributed by atoms with Crippen LogP contribution in [0, 0.1) is 0 Å². The number of aromatic nitrogens is 1. The van der Waals surface area contributed by atoms with Gasteiger partial charge in [-0.1, -0.05) is 43.6 Å². The van der Waals surface area contributed by atoms with Gasteiger partial charge in [0.05, 0.1) is 10.5 Å². The van der Waals surface area contributed by atoms with Crippen molar-refractivity contribution in [1.82, 2.24) is 4.98 Å². The van der Waals surface area contributed by atoms with Gasteiger partial charge in [-0.15, -0.1) is 0 Å². The van der Waals surface area contributed by atoms with Crippen molar-refractivity contribution in [3.05, 3.63) is 35.4 Å². The topological polar surface area (TPSA) is 38.9 Å². The van der Waals surface area contributed by atoms with Crippen molar-refractivity contribution in [2.24, 2.45) is 0 Å². The Kier molecular flexibility index (Phi) is 3.72. The molecule has 0 aliphatic heterocycles. The summed E-state index contributed by atoms with van der Waals surface area (Å²) in [6.07, 6.45) is 0. The van der Waals surface area contributed by atoms with Crippen molar-refractivity contribution < 1.29 is 0 Å². The summed E-state index contributed by atoms with van der Waals surface area (Å²) in [7, 11) is 0. The van der Waals surface area contributed by atoms with Gasteiger partial charge in [0.1, 0.15) is 5.82 Å². The second-order valence-electron chi connectivity index (χ2n) is 2.55. The zero-order valence-corrected chi connectivity index (χ0v) is 9.05. The molecule has 0 bridgehead atoms. The largest absolute Gasteiger partial charge is 0.382 e. The number of pyridine rings is 1. The van der Waals surface area contributed by atoms with Crippen LogP contribution in [0.1, 0.15) is 13.8 Å². The van der Waals surface area contributed by atoms with Crippen molar-refractivity contribution in [3.8, 4) is 0 Å². The minimum atomic E-state index is 0.385. The molecule has 1 heterocycles. The van der Waals surface area contributed by atoms with Crippen molar-refractivity contribution in [2.45, 2.75) is 13.8 Å². The van der Waals surface area contributed by atoms with E-state index in [1.165, 1.54) is 0 Å². The smallest absolute Gasteiger partial charge is 0.142 e. The minimum Gasteiger partial charge on any atom is -0.382 e. The quantitative estimate of drug-likeness (QED) is 0.720. The molecule has 0 aliphatic rings. The summed E-state index contributed by atoms with van der Waals surface area (Å²) < 4.78 is 0. The third-order valence-electron chi connectivity index (χ3n) is 1.70. The van der Waals surface area contributed by atoms with Crippen LogP contribution in [0.25, 0.3) is 10.9 Å². The molecule has 0 amide bonds. The number of rotatable bonds is 0. The summed E-state index contributed by atoms with van der Waals surface area (Å²) in [6.45, 7) is 4.00. The van der Waals surface area contributed by atoms with E-state index in [1.807, 2.05) is 44.2 Å². The van der Waals surface area contributed by atoms with Crippen LogP contribution in [-0.4, -0.2) is 4.98 Å². The molecular weight excluding hydrogens is 196 g/mol. The van der Waals surface area contributed by atoms with Crippen molar-refractivity contribution in [3.63, 3.8) is 0 Å². The molecule has 3 heteroatoms. The Morgan fingerprint density at radius 1 is 1.21 bits per heavy atom. The number of para-hydroxylation sites is 1. The third kappa shape index (κ3) is 2.15. The molecule has 2 nitrogen and oxygen atoms in total. The van der Waals surface area contributed by atoms with Gasteiger partial charge in [0, 0.05) is 5.39 Å². The number of nitrogen functional groups attached to an aromatic ring is 1. The first kappa shape index (κ1) is 10.8. The van der Waals surface area contributed by atoms with Crippen LogP contribution in [0.3, 0.4) is 0 Å². The molecule has 74 valence electrons. The van der Waals surface area contributed by atoms with E-state index in [9.17, 15) is 0 Å². The first-order chi connectivity index (χ1) is 6.77. The highest BCUT2D eigenvalue weighted by Gasteiger charge is 1.99. The van der Waals surface area contributed by atoms with Crippen LogP contribution >= 0.6 is 11.6 Å². The summed E-state index contributed by atoms with van der Waals surface area (Å²) in [5.74, 6) is 0.385. The highest BCUT2D eigenvalue weighted by molar-refractivity contribution is 6.33. The van der Waals surface area contributed by atoms with Crippen molar-refractivity contribution in [1.29, 1.82) is 0 Å². The minimum absolute atomic E-state index is 0.385. The van der Waals surface area contributed by atoms with Crippen LogP contribution in [0.5, 0.6) is 0 Å². The van der Waals surface area contributed by atoms with Gasteiger partial charge in [0.25, 0.3) is 0 Å². The van der Waals surface area contributed by atoms with Gasteiger partial charge in [-0.25, -0.2) is 4.98 Å². The van der Waals surface area contributed by atoms with Crippen LogP contribution in [0.2, 0.25) is 5.02 Å². The molecule has 0 atom stereocenters. The van der Waals surface area contributed by atoms with E-state index in [4.69, 9.17) is 17.3 Å². The van der Waals surface area contributed by atoms with E-state index in [0.29, 0.717) is 10.8 Å². The molecule has 0 unspecified atom stereocenters. The highest BCUT2D eigenvalue weighted by atomic mass is 35.5. The maximum atomic E-state index is 5.80. The molecule has 2 aromatic rings. The Hall–Kier alpha value is -1.28. The van der Waals surface area contributed by atoms with Gasteiger partial charge in [-0.3, -0.25) is 0 Å². The summed E-state index contributed by atoms with van der Waals surface area (Å²) >= 11 is 5.80. The molecule has 1 aromatic carbocycles. The van der Waals surface area contributed by atoms with Gasteiger partial charge in [0.15, 0.2) is 0 Å². The fraction of sp³-hybridized carbons (Fsp3) is 0.182. The lowest BCUT2D eigenvalue weighted by molar-refractivity contribution is 1.41. The second kappa shape index (κ2) is 4.82. The first-order valence-corrected chi connectivity index (χ1v) is 4.96. The molecule has 0 fully saturated rings. The van der Waals surface area contributed by atoms with E-state index < -0.39 is 0 Å². The average Bonchev–Trinajstić information content (AvgIpc) is 2.23. The van der Waals surface area contributed by atoms with E-state index >= 15 is 0 Å². The number of nitrogens with two attached hydrogens (primary N) is 1. The molecule has 0 saturated carbocycles. The van der Waals surface area contributed by atoms with Crippen LogP contribution in [0.4, 0.5) is 5.82 Å². The number of fused-ring (bicyclic) bond motifs is 1. The summed E-state index contributed by atoms with van der Waals surface area (Å²) in [5, 5.41) is 1.52. The Balaban J connectivity index is 0.000000461. The monoisotopic (exact) mass is 208 g/mol. The Morgan fingerprint density at radius 2 is 1.86 bits per heavy atom. The summed E-state index contributed by atoms with van der Waals surface area (Å²) in [6, 6.07) is 9.54. The normalized spacial score (nSPS) is 9.36. The number of nitrogens with zero attached hydrogens (tertiary/aromatic N) is 1. The van der Waals surface area contributed by atoms with Gasteiger partial charge >= 0.3 is 0 Å². The maximum absolute atomic E-state index is 5.80. The number of halogens is 1. The fourth-order valence-corrected chi connectivity index (χ4v) is 1.26. The average molecular weight is 209 g/mol. The third-order valence-corrected chi connectivity index (χ3v) is 2.01. The summed E-state index contributed by atoms with van der Waals surface area (Å²) in [5.41, 5.74) is 6.42. The van der Waals surface area contributed by atoms with E-state index in [0.717, 1.165) is 10.9 Å². The zero-order valence-electron chi connectivity index (χ0n) is 8.29. The Bertz CT molecular complexity index is 386. The van der Waals surface area contributed by atoms with Gasteiger partial charge in [-0.05, 0) is 12.1 Å². The molecule has 2 rings (SSSR count). The number of hydrogen-bond donors (Lipinski definition) is 1. The van der Waals surface area contributed by atoms with Crippen LogP contribution < -0.4 is 5.73 Å². The lowest BCUT2D eigenvalue weighted by atomic mass is 10.2. The lowest BCUT2D eigenvalue weighted by Crippen LogP contribution is -1.91. The van der Waals surface area contributed by atoms with Crippen LogP contribution in [0.15, 0.2) is 30.3 Å². The molecule has 1 aromatic heterocycles. The Morgan fingerprint density at radius 3 is 2.57 bits per heavy atom. The molecule has 2 N–H and O–H groups in total. The SMILES string of the molecule is CC.Nc1nc2ccccc2cc1Cl. The van der Waals surface area contributed by atoms with Crippen molar-refractivity contribution >= 4 is 28.3 Å². The molecular formula is C11H13ClN2. The lowest BCUT2D eigenvalue weighted by Gasteiger charge is -1.99. The fourth-order valence-electron chi connectivity index (χ4n) is 1.11. The standard InChI is InChI=1S/C9H7ClN2.C2H6/c10-7-5-6-3-1-2-4-8(6)12-9(7)11;1-2/h1-5H,(H2,11,12);1-2H3. The molecule has 14 heavy (non-hydrogen) atoms.